The van der Waals surface area contributed by atoms with Crippen LogP contribution in [0, 0.1) is 0 Å². The van der Waals surface area contributed by atoms with Crippen LogP contribution in [-0.2, 0) is 0 Å². The predicted molar refractivity (Wildman–Crippen MR) is 70.3 cm³/mol. The highest BCUT2D eigenvalue weighted by atomic mass is 19.3. The molecule has 0 aliphatic heterocycles. The molecule has 1 fully saturated rings. The largest absolute Gasteiger partial charge is 0.434 e. The highest BCUT2D eigenvalue weighted by Gasteiger charge is 2.34. The molecule has 2 N–H and O–H groups in total. The minimum atomic E-state index is -2.81. The number of hydrogen-bond acceptors (Lipinski definition) is 3. The molecule has 5 heteroatoms. The predicted octanol–water partition coefficient (Wildman–Crippen LogP) is 2.77. The third-order valence-electron chi connectivity index (χ3n) is 3.50. The molecule has 1 unspecified atom stereocenters. The van der Waals surface area contributed by atoms with E-state index in [1.807, 2.05) is 12.1 Å². The van der Waals surface area contributed by atoms with Crippen molar-refractivity contribution >= 4 is 0 Å². The van der Waals surface area contributed by atoms with Gasteiger partial charge in [-0.15, -0.1) is 0 Å². The Kier molecular flexibility index (Phi) is 4.71. The molecule has 1 aliphatic rings. The summed E-state index contributed by atoms with van der Waals surface area (Å²) in [4.78, 5) is 2.27. The second kappa shape index (κ2) is 6.30. The molecule has 0 radical (unpaired) electrons. The van der Waals surface area contributed by atoms with E-state index >= 15 is 0 Å². The van der Waals surface area contributed by atoms with Gasteiger partial charge in [-0.05, 0) is 25.5 Å². The van der Waals surface area contributed by atoms with Crippen molar-refractivity contribution < 1.29 is 13.5 Å². The van der Waals surface area contributed by atoms with Crippen molar-refractivity contribution in [3.63, 3.8) is 0 Å². The summed E-state index contributed by atoms with van der Waals surface area (Å²) in [5, 5.41) is 0. The summed E-state index contributed by atoms with van der Waals surface area (Å²) in [5.41, 5.74) is 6.61. The first kappa shape index (κ1) is 14.2. The average Bonchev–Trinajstić information content (AvgIpc) is 3.20. The van der Waals surface area contributed by atoms with E-state index in [9.17, 15) is 8.78 Å². The Bertz CT molecular complexity index is 410. The van der Waals surface area contributed by atoms with Gasteiger partial charge in [0.25, 0.3) is 0 Å². The fourth-order valence-corrected chi connectivity index (χ4v) is 2.54. The van der Waals surface area contributed by atoms with E-state index in [2.05, 4.69) is 16.6 Å². The molecule has 1 aromatic carbocycles. The summed E-state index contributed by atoms with van der Waals surface area (Å²) in [7, 11) is 0. The third kappa shape index (κ3) is 3.42. The molecule has 0 amide bonds. The van der Waals surface area contributed by atoms with Crippen LogP contribution in [0.4, 0.5) is 8.78 Å². The van der Waals surface area contributed by atoms with Gasteiger partial charge in [0.15, 0.2) is 0 Å². The number of nitrogens with zero attached hydrogens (tertiary/aromatic N) is 1. The van der Waals surface area contributed by atoms with Gasteiger partial charge in [0.05, 0.1) is 6.04 Å². The number of benzene rings is 1. The van der Waals surface area contributed by atoms with Crippen molar-refractivity contribution in [3.05, 3.63) is 29.8 Å². The lowest BCUT2D eigenvalue weighted by Gasteiger charge is -2.31. The van der Waals surface area contributed by atoms with E-state index in [1.165, 1.54) is 0 Å². The van der Waals surface area contributed by atoms with Gasteiger partial charge in [-0.3, -0.25) is 4.90 Å². The zero-order valence-electron chi connectivity index (χ0n) is 11.1. The van der Waals surface area contributed by atoms with E-state index in [0.717, 1.165) is 24.9 Å². The standard InChI is InChI=1S/C14H20F2N2O/c1-2-18(10-7-8-10)12(9-17)11-5-3-4-6-13(11)19-14(15)16/h3-6,10,12,14H,2,7-9,17H2,1H3. The lowest BCUT2D eigenvalue weighted by molar-refractivity contribution is -0.0511. The van der Waals surface area contributed by atoms with E-state index in [0.29, 0.717) is 12.6 Å². The average molecular weight is 270 g/mol. The number of alkyl halides is 2. The van der Waals surface area contributed by atoms with Gasteiger partial charge >= 0.3 is 6.61 Å². The van der Waals surface area contributed by atoms with Crippen LogP contribution >= 0.6 is 0 Å². The quantitative estimate of drug-likeness (QED) is 0.828. The van der Waals surface area contributed by atoms with Crippen molar-refractivity contribution in [3.8, 4) is 5.75 Å². The maximum absolute atomic E-state index is 12.5. The molecule has 19 heavy (non-hydrogen) atoms. The number of likely N-dealkylation sites (N-methyl/N-ethyl adjacent to an activating group) is 1. The number of nitrogens with two attached hydrogens (primary N) is 1. The lowest BCUT2D eigenvalue weighted by Crippen LogP contribution is -2.35. The normalized spacial score (nSPS) is 16.9. The van der Waals surface area contributed by atoms with E-state index in [4.69, 9.17) is 5.73 Å². The molecular weight excluding hydrogens is 250 g/mol. The van der Waals surface area contributed by atoms with Crippen LogP contribution in [0.2, 0.25) is 0 Å². The van der Waals surface area contributed by atoms with Gasteiger partial charge in [0.1, 0.15) is 5.75 Å². The maximum atomic E-state index is 12.5. The van der Waals surface area contributed by atoms with E-state index in [-0.39, 0.29) is 11.8 Å². The Morgan fingerprint density at radius 1 is 1.37 bits per heavy atom. The van der Waals surface area contributed by atoms with Crippen molar-refractivity contribution in [2.75, 3.05) is 13.1 Å². The zero-order valence-corrected chi connectivity index (χ0v) is 11.1. The number of hydrogen-bond donors (Lipinski definition) is 1. The second-order valence-corrected chi connectivity index (χ2v) is 4.73. The summed E-state index contributed by atoms with van der Waals surface area (Å²) in [5.74, 6) is 0.229. The number of para-hydroxylation sites is 1. The van der Waals surface area contributed by atoms with Gasteiger partial charge in [-0.2, -0.15) is 8.78 Å². The lowest BCUT2D eigenvalue weighted by atomic mass is 10.0. The van der Waals surface area contributed by atoms with Crippen LogP contribution in [-0.4, -0.2) is 30.6 Å². The van der Waals surface area contributed by atoms with Gasteiger partial charge in [-0.1, -0.05) is 25.1 Å². The molecule has 0 spiro atoms. The zero-order chi connectivity index (χ0) is 13.8. The molecule has 3 nitrogen and oxygen atoms in total. The van der Waals surface area contributed by atoms with Gasteiger partial charge in [0.2, 0.25) is 0 Å². The van der Waals surface area contributed by atoms with Crippen molar-refractivity contribution in [1.29, 1.82) is 0 Å². The van der Waals surface area contributed by atoms with Crippen molar-refractivity contribution in [1.82, 2.24) is 4.90 Å². The monoisotopic (exact) mass is 270 g/mol. The maximum Gasteiger partial charge on any atom is 0.387 e. The van der Waals surface area contributed by atoms with Crippen LogP contribution in [0.5, 0.6) is 5.75 Å². The Morgan fingerprint density at radius 2 is 2.05 bits per heavy atom. The Morgan fingerprint density at radius 3 is 2.58 bits per heavy atom. The minimum absolute atomic E-state index is 0.0625. The van der Waals surface area contributed by atoms with Crippen molar-refractivity contribution in [2.45, 2.75) is 38.5 Å². The second-order valence-electron chi connectivity index (χ2n) is 4.73. The van der Waals surface area contributed by atoms with Crippen LogP contribution in [0.15, 0.2) is 24.3 Å². The molecular formula is C14H20F2N2O. The topological polar surface area (TPSA) is 38.5 Å². The van der Waals surface area contributed by atoms with Crippen LogP contribution < -0.4 is 10.5 Å². The molecule has 1 aliphatic carbocycles. The summed E-state index contributed by atoms with van der Waals surface area (Å²) < 4.78 is 29.5. The highest BCUT2D eigenvalue weighted by molar-refractivity contribution is 5.36. The van der Waals surface area contributed by atoms with Crippen LogP contribution in [0.1, 0.15) is 31.4 Å². The molecule has 106 valence electrons. The summed E-state index contributed by atoms with van der Waals surface area (Å²) in [6.07, 6.45) is 2.31. The highest BCUT2D eigenvalue weighted by Crippen LogP contribution is 2.37. The van der Waals surface area contributed by atoms with Crippen LogP contribution in [0.3, 0.4) is 0 Å². The summed E-state index contributed by atoms with van der Waals surface area (Å²) in [6, 6.07) is 7.38. The SMILES string of the molecule is CCN(C1CC1)C(CN)c1ccccc1OC(F)F. The van der Waals surface area contributed by atoms with Crippen molar-refractivity contribution in [2.24, 2.45) is 5.73 Å². The summed E-state index contributed by atoms with van der Waals surface area (Å²) in [6.45, 7) is 0.511. The molecule has 0 bridgehead atoms. The Hall–Kier alpha value is -1.20. The summed E-state index contributed by atoms with van der Waals surface area (Å²) >= 11 is 0. The first-order valence-electron chi connectivity index (χ1n) is 6.67. The number of ether oxygens (including phenoxy) is 1. The van der Waals surface area contributed by atoms with Gasteiger partial charge in [0, 0.05) is 18.2 Å². The minimum Gasteiger partial charge on any atom is -0.434 e. The molecule has 0 heterocycles. The number of rotatable bonds is 7. The number of halogens is 2. The third-order valence-corrected chi connectivity index (χ3v) is 3.50. The fraction of sp³-hybridized carbons (Fsp3) is 0.571. The van der Waals surface area contributed by atoms with Gasteiger partial charge < -0.3 is 10.5 Å². The molecule has 0 saturated heterocycles. The molecule has 1 aromatic rings. The molecule has 1 saturated carbocycles. The first-order chi connectivity index (χ1) is 9.17. The van der Waals surface area contributed by atoms with Gasteiger partial charge in [-0.25, -0.2) is 0 Å². The molecule has 1 atom stereocenters. The van der Waals surface area contributed by atoms with E-state index < -0.39 is 6.61 Å². The van der Waals surface area contributed by atoms with E-state index in [1.54, 1.807) is 12.1 Å². The Balaban J connectivity index is 2.26. The van der Waals surface area contributed by atoms with Crippen LogP contribution in [0.25, 0.3) is 0 Å². The first-order valence-corrected chi connectivity index (χ1v) is 6.67. The Labute approximate surface area is 112 Å². The fourth-order valence-electron chi connectivity index (χ4n) is 2.54. The molecule has 0 aromatic heterocycles. The molecule has 2 rings (SSSR count). The smallest absolute Gasteiger partial charge is 0.387 e.